The molecular formula is C18H21N. The first kappa shape index (κ1) is 13.6. The van der Waals surface area contributed by atoms with E-state index >= 15 is 0 Å². The molecule has 0 bridgehead atoms. The first-order valence-corrected chi connectivity index (χ1v) is 6.77. The molecule has 0 fully saturated rings. The topological polar surface area (TPSA) is 12.0 Å². The fraction of sp³-hybridized carbons (Fsp3) is 0.222. The van der Waals surface area contributed by atoms with E-state index in [0.717, 1.165) is 6.54 Å². The van der Waals surface area contributed by atoms with Crippen LogP contribution in [0.4, 0.5) is 0 Å². The first-order valence-electron chi connectivity index (χ1n) is 6.77. The third-order valence-electron chi connectivity index (χ3n) is 3.40. The predicted octanol–water partition coefficient (Wildman–Crippen LogP) is 3.98. The van der Waals surface area contributed by atoms with E-state index in [4.69, 9.17) is 0 Å². The lowest BCUT2D eigenvalue weighted by molar-refractivity contribution is 0.595. The Kier molecular flexibility index (Phi) is 4.93. The molecule has 1 N–H and O–H groups in total. The third-order valence-corrected chi connectivity index (χ3v) is 3.40. The van der Waals surface area contributed by atoms with Crippen molar-refractivity contribution in [2.24, 2.45) is 0 Å². The van der Waals surface area contributed by atoms with E-state index in [2.05, 4.69) is 79.5 Å². The second-order valence-electron chi connectivity index (χ2n) is 4.81. The summed E-state index contributed by atoms with van der Waals surface area (Å²) in [6.45, 7) is 6.86. The van der Waals surface area contributed by atoms with Crippen LogP contribution in [0.1, 0.15) is 24.0 Å². The van der Waals surface area contributed by atoms with Crippen molar-refractivity contribution >= 4 is 0 Å². The van der Waals surface area contributed by atoms with Crippen LogP contribution in [0.5, 0.6) is 0 Å². The van der Waals surface area contributed by atoms with Gasteiger partial charge in [0, 0.05) is 18.5 Å². The molecule has 0 spiro atoms. The van der Waals surface area contributed by atoms with Crippen molar-refractivity contribution in [3.8, 4) is 0 Å². The number of hydrogen-bond acceptors (Lipinski definition) is 1. The smallest absolute Gasteiger partial charge is 0.0219 e. The summed E-state index contributed by atoms with van der Waals surface area (Å²) in [6.07, 6.45) is 1.94. The van der Waals surface area contributed by atoms with Crippen molar-refractivity contribution < 1.29 is 0 Å². The van der Waals surface area contributed by atoms with E-state index in [1.807, 2.05) is 6.08 Å². The molecule has 0 radical (unpaired) electrons. The van der Waals surface area contributed by atoms with Crippen LogP contribution in [0.3, 0.4) is 0 Å². The monoisotopic (exact) mass is 251 g/mol. The van der Waals surface area contributed by atoms with E-state index in [9.17, 15) is 0 Å². The van der Waals surface area contributed by atoms with Crippen LogP contribution in [-0.2, 0) is 0 Å². The van der Waals surface area contributed by atoms with Crippen LogP contribution in [0, 0.1) is 0 Å². The normalized spacial score (nSPS) is 12.3. The molecule has 0 saturated carbocycles. The maximum atomic E-state index is 3.82. The summed E-state index contributed by atoms with van der Waals surface area (Å²) in [5.74, 6) is 0.379. The Morgan fingerprint density at radius 1 is 0.947 bits per heavy atom. The Bertz CT molecular complexity index is 450. The predicted molar refractivity (Wildman–Crippen MR) is 82.4 cm³/mol. The fourth-order valence-electron chi connectivity index (χ4n) is 2.19. The summed E-state index contributed by atoms with van der Waals surface area (Å²) in [5, 5.41) is 3.51. The van der Waals surface area contributed by atoms with E-state index in [1.54, 1.807) is 0 Å². The van der Waals surface area contributed by atoms with Gasteiger partial charge in [0.15, 0.2) is 0 Å². The quantitative estimate of drug-likeness (QED) is 0.766. The molecule has 98 valence electrons. The average molecular weight is 251 g/mol. The average Bonchev–Trinajstić information content (AvgIpc) is 2.49. The molecule has 0 saturated heterocycles. The standard InChI is InChI=1S/C18H21N/c1-3-15(2)19-14-18(16-10-6-4-7-11-16)17-12-8-5-9-13-17/h3-13,15,18-19H,1,14H2,2H3. The second kappa shape index (κ2) is 6.91. The molecule has 1 heteroatoms. The number of rotatable bonds is 6. The number of hydrogen-bond donors (Lipinski definition) is 1. The Balaban J connectivity index is 2.21. The van der Waals surface area contributed by atoms with E-state index in [0.29, 0.717) is 12.0 Å². The zero-order valence-electron chi connectivity index (χ0n) is 11.4. The zero-order chi connectivity index (χ0) is 13.5. The minimum atomic E-state index is 0.329. The Morgan fingerprint density at radius 3 is 1.84 bits per heavy atom. The lowest BCUT2D eigenvalue weighted by Gasteiger charge is -2.20. The van der Waals surface area contributed by atoms with Crippen LogP contribution >= 0.6 is 0 Å². The Labute approximate surface area is 116 Å². The molecule has 0 aromatic heterocycles. The first-order chi connectivity index (χ1) is 9.31. The van der Waals surface area contributed by atoms with Crippen molar-refractivity contribution in [1.82, 2.24) is 5.32 Å². The van der Waals surface area contributed by atoms with Gasteiger partial charge in [-0.05, 0) is 18.1 Å². The van der Waals surface area contributed by atoms with Crippen molar-refractivity contribution in [2.75, 3.05) is 6.54 Å². The third kappa shape index (κ3) is 3.80. The van der Waals surface area contributed by atoms with Gasteiger partial charge in [-0.1, -0.05) is 66.7 Å². The van der Waals surface area contributed by atoms with Crippen LogP contribution < -0.4 is 5.32 Å². The molecular weight excluding hydrogens is 230 g/mol. The minimum Gasteiger partial charge on any atom is -0.310 e. The van der Waals surface area contributed by atoms with E-state index < -0.39 is 0 Å². The second-order valence-corrected chi connectivity index (χ2v) is 4.81. The van der Waals surface area contributed by atoms with Gasteiger partial charge in [-0.3, -0.25) is 0 Å². The van der Waals surface area contributed by atoms with E-state index in [1.165, 1.54) is 11.1 Å². The van der Waals surface area contributed by atoms with Crippen LogP contribution in [0.15, 0.2) is 73.3 Å². The van der Waals surface area contributed by atoms with Gasteiger partial charge in [0.1, 0.15) is 0 Å². The van der Waals surface area contributed by atoms with Gasteiger partial charge < -0.3 is 5.32 Å². The molecule has 0 aliphatic rings. The van der Waals surface area contributed by atoms with Gasteiger partial charge in [-0.2, -0.15) is 0 Å². The summed E-state index contributed by atoms with van der Waals surface area (Å²) in [7, 11) is 0. The summed E-state index contributed by atoms with van der Waals surface area (Å²) < 4.78 is 0. The largest absolute Gasteiger partial charge is 0.310 e. The van der Waals surface area contributed by atoms with Gasteiger partial charge in [-0.15, -0.1) is 6.58 Å². The van der Waals surface area contributed by atoms with Gasteiger partial charge in [-0.25, -0.2) is 0 Å². The lowest BCUT2D eigenvalue weighted by Crippen LogP contribution is -2.29. The van der Waals surface area contributed by atoms with Crippen LogP contribution in [-0.4, -0.2) is 12.6 Å². The number of nitrogens with one attached hydrogen (secondary N) is 1. The zero-order valence-corrected chi connectivity index (χ0v) is 11.4. The van der Waals surface area contributed by atoms with Crippen molar-refractivity contribution in [1.29, 1.82) is 0 Å². The highest BCUT2D eigenvalue weighted by atomic mass is 14.9. The summed E-state index contributed by atoms with van der Waals surface area (Å²) in [4.78, 5) is 0. The molecule has 1 unspecified atom stereocenters. The van der Waals surface area contributed by atoms with E-state index in [-0.39, 0.29) is 0 Å². The Hall–Kier alpha value is -1.86. The molecule has 2 aromatic rings. The van der Waals surface area contributed by atoms with Crippen LogP contribution in [0.25, 0.3) is 0 Å². The molecule has 1 nitrogen and oxygen atoms in total. The number of benzene rings is 2. The van der Waals surface area contributed by atoms with Gasteiger partial charge in [0.25, 0.3) is 0 Å². The molecule has 19 heavy (non-hydrogen) atoms. The lowest BCUT2D eigenvalue weighted by atomic mass is 9.91. The molecule has 2 aromatic carbocycles. The fourth-order valence-corrected chi connectivity index (χ4v) is 2.19. The summed E-state index contributed by atoms with van der Waals surface area (Å²) in [5.41, 5.74) is 2.69. The molecule has 0 heterocycles. The molecule has 0 aliphatic carbocycles. The van der Waals surface area contributed by atoms with Crippen molar-refractivity contribution in [2.45, 2.75) is 18.9 Å². The summed E-state index contributed by atoms with van der Waals surface area (Å²) >= 11 is 0. The van der Waals surface area contributed by atoms with Gasteiger partial charge >= 0.3 is 0 Å². The van der Waals surface area contributed by atoms with Crippen LogP contribution in [0.2, 0.25) is 0 Å². The highest BCUT2D eigenvalue weighted by molar-refractivity contribution is 5.32. The maximum absolute atomic E-state index is 3.82. The molecule has 0 aliphatic heterocycles. The molecule has 2 rings (SSSR count). The maximum Gasteiger partial charge on any atom is 0.0219 e. The SMILES string of the molecule is C=CC(C)NCC(c1ccccc1)c1ccccc1. The molecule has 1 atom stereocenters. The van der Waals surface area contributed by atoms with Gasteiger partial charge in [0.05, 0.1) is 0 Å². The van der Waals surface area contributed by atoms with Crippen molar-refractivity contribution in [3.05, 3.63) is 84.4 Å². The summed E-state index contributed by atoms with van der Waals surface area (Å²) in [6, 6.07) is 21.6. The van der Waals surface area contributed by atoms with Gasteiger partial charge in [0.2, 0.25) is 0 Å². The minimum absolute atomic E-state index is 0.329. The Morgan fingerprint density at radius 2 is 1.42 bits per heavy atom. The van der Waals surface area contributed by atoms with Crippen molar-refractivity contribution in [3.63, 3.8) is 0 Å². The highest BCUT2D eigenvalue weighted by Crippen LogP contribution is 2.23. The molecule has 0 amide bonds. The highest BCUT2D eigenvalue weighted by Gasteiger charge is 2.13.